The van der Waals surface area contributed by atoms with Crippen LogP contribution in [0.25, 0.3) is 0 Å². The molecule has 2 aromatic rings. The normalized spacial score (nSPS) is 21.9. The highest BCUT2D eigenvalue weighted by Gasteiger charge is 2.44. The summed E-state index contributed by atoms with van der Waals surface area (Å²) < 4.78 is 0. The van der Waals surface area contributed by atoms with Crippen LogP contribution >= 0.6 is 0 Å². The van der Waals surface area contributed by atoms with E-state index >= 15 is 0 Å². The second-order valence-corrected chi connectivity index (χ2v) is 10.9. The van der Waals surface area contributed by atoms with Crippen LogP contribution in [-0.2, 0) is 14.4 Å². The molecule has 5 unspecified atom stereocenters. The molecule has 0 spiro atoms. The number of carbonyl (C=O) groups is 3. The lowest BCUT2D eigenvalue weighted by Crippen LogP contribution is -2.41. The Labute approximate surface area is 210 Å². The molecule has 35 heavy (non-hydrogen) atoms. The maximum Gasteiger partial charge on any atom is 0.306 e. The van der Waals surface area contributed by atoms with Gasteiger partial charge < -0.3 is 5.11 Å². The number of carbonyl (C=O) groups excluding carboxylic acids is 2. The second kappa shape index (κ2) is 10.5. The molecule has 0 heterocycles. The molecule has 4 heteroatoms. The van der Waals surface area contributed by atoms with Gasteiger partial charge in [0.05, 0.1) is 5.92 Å². The molecule has 2 aromatic carbocycles. The van der Waals surface area contributed by atoms with Gasteiger partial charge in [0.25, 0.3) is 0 Å². The van der Waals surface area contributed by atoms with E-state index in [1.54, 1.807) is 0 Å². The molecule has 5 atom stereocenters. The summed E-state index contributed by atoms with van der Waals surface area (Å²) in [6.07, 6.45) is 1.11. The molecule has 0 radical (unpaired) electrons. The Hall–Kier alpha value is -2.75. The van der Waals surface area contributed by atoms with Gasteiger partial charge in [0.1, 0.15) is 11.6 Å². The fraction of sp³-hybridized carbons (Fsp3) is 0.516. The van der Waals surface area contributed by atoms with Crippen molar-refractivity contribution in [1.29, 1.82) is 0 Å². The van der Waals surface area contributed by atoms with Gasteiger partial charge in [-0.1, -0.05) is 49.2 Å². The van der Waals surface area contributed by atoms with Gasteiger partial charge in [-0.2, -0.15) is 0 Å². The van der Waals surface area contributed by atoms with Crippen molar-refractivity contribution in [2.24, 2.45) is 17.8 Å². The smallest absolute Gasteiger partial charge is 0.306 e. The van der Waals surface area contributed by atoms with Crippen molar-refractivity contribution < 1.29 is 19.5 Å². The Morgan fingerprint density at radius 1 is 0.686 bits per heavy atom. The highest BCUT2D eigenvalue weighted by atomic mass is 16.4. The van der Waals surface area contributed by atoms with Crippen molar-refractivity contribution >= 4 is 17.5 Å². The average Bonchev–Trinajstić information content (AvgIpc) is 2.76. The predicted molar refractivity (Wildman–Crippen MR) is 140 cm³/mol. The lowest BCUT2D eigenvalue weighted by molar-refractivity contribution is -0.147. The molecule has 4 nitrogen and oxygen atoms in total. The predicted octanol–water partition coefficient (Wildman–Crippen LogP) is 6.70. The monoisotopic (exact) mass is 476 g/mol. The van der Waals surface area contributed by atoms with Gasteiger partial charge in [0.15, 0.2) is 0 Å². The van der Waals surface area contributed by atoms with Crippen LogP contribution in [0.4, 0.5) is 0 Å². The third kappa shape index (κ3) is 5.42. The first-order valence-corrected chi connectivity index (χ1v) is 12.8. The fourth-order valence-electron chi connectivity index (χ4n) is 6.72. The number of carboxylic acids is 1. The number of carboxylic acid groups (broad SMARTS) is 1. The van der Waals surface area contributed by atoms with Gasteiger partial charge in [-0.25, -0.2) is 0 Å². The van der Waals surface area contributed by atoms with E-state index in [-0.39, 0.29) is 29.8 Å². The third-order valence-corrected chi connectivity index (χ3v) is 8.13. The molecule has 1 aliphatic carbocycles. The van der Waals surface area contributed by atoms with E-state index < -0.39 is 23.7 Å². The van der Waals surface area contributed by atoms with E-state index in [1.165, 1.54) is 0 Å². The quantitative estimate of drug-likeness (QED) is 0.483. The van der Waals surface area contributed by atoms with Crippen LogP contribution in [0.2, 0.25) is 0 Å². The van der Waals surface area contributed by atoms with E-state index in [9.17, 15) is 19.5 Å². The molecule has 1 aliphatic rings. The number of hydrogen-bond donors (Lipinski definition) is 1. The minimum Gasteiger partial charge on any atom is -0.481 e. The summed E-state index contributed by atoms with van der Waals surface area (Å²) in [5.41, 5.74) is 8.66. The molecule has 1 saturated carbocycles. The number of ketones is 2. The van der Waals surface area contributed by atoms with Crippen LogP contribution in [0.15, 0.2) is 24.3 Å². The van der Waals surface area contributed by atoms with Crippen molar-refractivity contribution in [3.63, 3.8) is 0 Å². The number of Topliss-reactive ketones (excluding diaryl/α,β-unsaturated/α-hetero) is 2. The molecule has 0 aromatic heterocycles. The fourth-order valence-corrected chi connectivity index (χ4v) is 6.72. The lowest BCUT2D eigenvalue weighted by atomic mass is 9.65. The first-order valence-electron chi connectivity index (χ1n) is 12.8. The maximum absolute atomic E-state index is 14.0. The zero-order chi connectivity index (χ0) is 26.2. The lowest BCUT2D eigenvalue weighted by Gasteiger charge is -2.36. The molecule has 0 bridgehead atoms. The standard InChI is InChI=1S/C31H40O4/c1-16-11-18(3)27(19(4)12-16)22(7)29(32)25-10-9-24(31(34)35)15-26(25)30(33)23(8)28-20(5)13-17(2)14-21(28)6/h11-14,22-26H,9-10,15H2,1-8H3,(H,34,35). The largest absolute Gasteiger partial charge is 0.481 e. The Morgan fingerprint density at radius 3 is 1.43 bits per heavy atom. The Bertz CT molecular complexity index is 1110. The van der Waals surface area contributed by atoms with E-state index in [1.807, 2.05) is 48.5 Å². The van der Waals surface area contributed by atoms with Crippen molar-refractivity contribution in [3.05, 3.63) is 68.8 Å². The molecule has 188 valence electrons. The molecule has 1 N–H and O–H groups in total. The number of hydrogen-bond acceptors (Lipinski definition) is 3. The van der Waals surface area contributed by atoms with E-state index in [2.05, 4.69) is 31.2 Å². The average molecular weight is 477 g/mol. The van der Waals surface area contributed by atoms with Crippen LogP contribution < -0.4 is 0 Å². The SMILES string of the molecule is Cc1cc(C)c(C(C)C(=O)C2CCC(C(=O)O)CC2C(=O)C(C)c2c(C)cc(C)cc2C)c(C)c1. The summed E-state index contributed by atoms with van der Waals surface area (Å²) in [6.45, 7) is 16.1. The van der Waals surface area contributed by atoms with Crippen LogP contribution in [0.1, 0.15) is 89.5 Å². The maximum atomic E-state index is 14.0. The topological polar surface area (TPSA) is 71.4 Å². The molecule has 1 fully saturated rings. The third-order valence-electron chi connectivity index (χ3n) is 8.13. The summed E-state index contributed by atoms with van der Waals surface area (Å²) in [4.78, 5) is 39.7. The molecule has 0 saturated heterocycles. The van der Waals surface area contributed by atoms with Gasteiger partial charge in [0, 0.05) is 23.7 Å². The van der Waals surface area contributed by atoms with E-state index in [4.69, 9.17) is 0 Å². The van der Waals surface area contributed by atoms with Crippen molar-refractivity contribution in [1.82, 2.24) is 0 Å². The minimum absolute atomic E-state index is 0.00565. The van der Waals surface area contributed by atoms with Crippen molar-refractivity contribution in [3.8, 4) is 0 Å². The number of aryl methyl sites for hydroxylation is 6. The Morgan fingerprint density at radius 2 is 1.06 bits per heavy atom. The second-order valence-electron chi connectivity index (χ2n) is 10.9. The molecular weight excluding hydrogens is 436 g/mol. The molecular formula is C31H40O4. The molecule has 3 rings (SSSR count). The number of aliphatic carboxylic acids is 1. The van der Waals surface area contributed by atoms with Gasteiger partial charge in [-0.3, -0.25) is 14.4 Å². The highest BCUT2D eigenvalue weighted by Crippen LogP contribution is 2.42. The van der Waals surface area contributed by atoms with Crippen LogP contribution in [0.5, 0.6) is 0 Å². The number of benzene rings is 2. The molecule has 0 aliphatic heterocycles. The summed E-state index contributed by atoms with van der Waals surface area (Å²) in [7, 11) is 0. The van der Waals surface area contributed by atoms with Crippen LogP contribution in [-0.4, -0.2) is 22.6 Å². The van der Waals surface area contributed by atoms with E-state index in [0.717, 1.165) is 44.5 Å². The van der Waals surface area contributed by atoms with Crippen LogP contribution in [0.3, 0.4) is 0 Å². The summed E-state index contributed by atoms with van der Waals surface area (Å²) >= 11 is 0. The zero-order valence-electron chi connectivity index (χ0n) is 22.5. The van der Waals surface area contributed by atoms with Gasteiger partial charge >= 0.3 is 5.97 Å². The summed E-state index contributed by atoms with van der Waals surface area (Å²) in [5.74, 6) is -3.17. The minimum atomic E-state index is -0.873. The van der Waals surface area contributed by atoms with Crippen molar-refractivity contribution in [2.45, 2.75) is 86.5 Å². The van der Waals surface area contributed by atoms with E-state index in [0.29, 0.717) is 12.8 Å². The summed E-state index contributed by atoms with van der Waals surface area (Å²) in [6, 6.07) is 8.36. The first kappa shape index (κ1) is 26.8. The Balaban J connectivity index is 1.98. The van der Waals surface area contributed by atoms with Gasteiger partial charge in [-0.05, 0) is 94.2 Å². The van der Waals surface area contributed by atoms with Crippen molar-refractivity contribution in [2.75, 3.05) is 0 Å². The first-order chi connectivity index (χ1) is 16.3. The molecule has 0 amide bonds. The van der Waals surface area contributed by atoms with Gasteiger partial charge in [-0.15, -0.1) is 0 Å². The summed E-state index contributed by atoms with van der Waals surface area (Å²) in [5, 5.41) is 9.73. The van der Waals surface area contributed by atoms with Gasteiger partial charge in [0.2, 0.25) is 0 Å². The highest BCUT2D eigenvalue weighted by molar-refractivity contribution is 5.96. The van der Waals surface area contributed by atoms with Crippen LogP contribution in [0, 0.1) is 59.3 Å². The zero-order valence-corrected chi connectivity index (χ0v) is 22.5. The Kier molecular flexibility index (Phi) is 8.03. The number of rotatable bonds is 7.